The van der Waals surface area contributed by atoms with Crippen LogP contribution < -0.4 is 0 Å². The van der Waals surface area contributed by atoms with Crippen LogP contribution in [0.15, 0.2) is 0 Å². The molecule has 0 aliphatic rings. The fourth-order valence-corrected chi connectivity index (χ4v) is 3.26. The fourth-order valence-electron chi connectivity index (χ4n) is 3.26. The molecule has 0 atom stereocenters. The highest BCUT2D eigenvalue weighted by Gasteiger charge is 1.95. The van der Waals surface area contributed by atoms with Gasteiger partial charge in [0.25, 0.3) is 0 Å². The molecule has 30 heavy (non-hydrogen) atoms. The lowest BCUT2D eigenvalue weighted by Gasteiger charge is -2.03. The Morgan fingerprint density at radius 2 is 0.667 bits per heavy atom. The van der Waals surface area contributed by atoms with Crippen LogP contribution >= 0.6 is 0 Å². The van der Waals surface area contributed by atoms with Crippen LogP contribution in [0.1, 0.15) is 143 Å². The summed E-state index contributed by atoms with van der Waals surface area (Å²) in [4.78, 5) is 20.9. The Bertz CT molecular complexity index is 355. The quantitative estimate of drug-likeness (QED) is 0.145. The molecule has 0 N–H and O–H groups in total. The van der Waals surface area contributed by atoms with E-state index in [1.807, 2.05) is 0 Å². The summed E-state index contributed by atoms with van der Waals surface area (Å²) >= 11 is 0. The first kappa shape index (κ1) is 31.1. The van der Waals surface area contributed by atoms with Crippen molar-refractivity contribution in [3.8, 4) is 0 Å². The molecule has 0 unspecified atom stereocenters. The molecular weight excluding hydrogens is 376 g/mol. The summed E-state index contributed by atoms with van der Waals surface area (Å²) in [5.74, 6) is -0.317. The zero-order valence-corrected chi connectivity index (χ0v) is 20.8. The molecule has 0 aromatic rings. The number of hydrogen-bond donors (Lipinski definition) is 0. The van der Waals surface area contributed by atoms with E-state index in [4.69, 9.17) is 9.47 Å². The normalized spacial score (nSPS) is 10.3. The van der Waals surface area contributed by atoms with Crippen molar-refractivity contribution >= 4 is 11.9 Å². The molecule has 0 heterocycles. The molecule has 0 spiro atoms. The molecule has 180 valence electrons. The van der Waals surface area contributed by atoms with Gasteiger partial charge in [-0.05, 0) is 12.8 Å². The zero-order chi connectivity index (χ0) is 22.7. The smallest absolute Gasteiger partial charge is 0.302 e. The molecule has 0 aromatic heterocycles. The number of carbonyl (C=O) groups excluding carboxylic acids is 2. The Morgan fingerprint density at radius 3 is 0.900 bits per heavy atom. The number of unbranched alkanes of at least 4 members (excludes halogenated alkanes) is 16. The molecule has 0 aromatic carbocycles. The maximum absolute atomic E-state index is 10.5. The van der Waals surface area contributed by atoms with Gasteiger partial charge in [-0.25, -0.2) is 0 Å². The Morgan fingerprint density at radius 1 is 0.433 bits per heavy atom. The van der Waals surface area contributed by atoms with Crippen molar-refractivity contribution in [3.63, 3.8) is 0 Å². The van der Waals surface area contributed by atoms with Crippen molar-refractivity contribution in [3.05, 3.63) is 0 Å². The van der Waals surface area contributed by atoms with Crippen LogP contribution in [0.5, 0.6) is 0 Å². The Labute approximate surface area is 187 Å². The van der Waals surface area contributed by atoms with Crippen molar-refractivity contribution < 1.29 is 19.1 Å². The van der Waals surface area contributed by atoms with Gasteiger partial charge >= 0.3 is 11.9 Å². The third kappa shape index (κ3) is 34.4. The maximum atomic E-state index is 10.5. The Balaban J connectivity index is 0. The van der Waals surface area contributed by atoms with Gasteiger partial charge in [0.15, 0.2) is 0 Å². The average molecular weight is 429 g/mol. The molecule has 0 amide bonds. The van der Waals surface area contributed by atoms with Crippen molar-refractivity contribution in [1.29, 1.82) is 0 Å². The summed E-state index contributed by atoms with van der Waals surface area (Å²) in [7, 11) is 0. The molecule has 0 rings (SSSR count). The van der Waals surface area contributed by atoms with E-state index >= 15 is 0 Å². The lowest BCUT2D eigenvalue weighted by Crippen LogP contribution is -2.00. The summed E-state index contributed by atoms with van der Waals surface area (Å²) in [6.07, 6.45) is 23.4. The lowest BCUT2D eigenvalue weighted by atomic mass is 10.1. The number of hydrogen-bond acceptors (Lipinski definition) is 4. The second kappa shape index (κ2) is 27.9. The Kier molecular flexibility index (Phi) is 29.0. The minimum atomic E-state index is -0.161. The minimum absolute atomic E-state index is 0.155. The molecule has 4 nitrogen and oxygen atoms in total. The summed E-state index contributed by atoms with van der Waals surface area (Å²) < 4.78 is 9.72. The highest BCUT2D eigenvalue weighted by atomic mass is 16.5. The largest absolute Gasteiger partial charge is 0.466 e. The van der Waals surface area contributed by atoms with Crippen LogP contribution in [0.2, 0.25) is 0 Å². The first-order valence-corrected chi connectivity index (χ1v) is 12.8. The molecule has 0 bridgehead atoms. The van der Waals surface area contributed by atoms with Gasteiger partial charge in [-0.3, -0.25) is 9.59 Å². The van der Waals surface area contributed by atoms with Crippen LogP contribution in [0.25, 0.3) is 0 Å². The van der Waals surface area contributed by atoms with Gasteiger partial charge < -0.3 is 9.47 Å². The first-order chi connectivity index (χ1) is 14.5. The van der Waals surface area contributed by atoms with E-state index in [1.54, 1.807) is 0 Å². The zero-order valence-electron chi connectivity index (χ0n) is 20.8. The Hall–Kier alpha value is -1.06. The molecule has 0 radical (unpaired) electrons. The fraction of sp³-hybridized carbons (Fsp3) is 0.923. The predicted molar refractivity (Wildman–Crippen MR) is 128 cm³/mol. The summed E-state index contributed by atoms with van der Waals surface area (Å²) in [5, 5.41) is 0. The molecule has 0 fully saturated rings. The highest BCUT2D eigenvalue weighted by Crippen LogP contribution is 2.11. The van der Waals surface area contributed by atoms with Gasteiger partial charge in [0.1, 0.15) is 0 Å². The van der Waals surface area contributed by atoms with Crippen LogP contribution in [0.4, 0.5) is 0 Å². The number of ether oxygens (including phenoxy) is 2. The highest BCUT2D eigenvalue weighted by molar-refractivity contribution is 5.66. The third-order valence-electron chi connectivity index (χ3n) is 5.11. The van der Waals surface area contributed by atoms with Crippen LogP contribution in [0, 0.1) is 0 Å². The van der Waals surface area contributed by atoms with Gasteiger partial charge in [-0.2, -0.15) is 0 Å². The van der Waals surface area contributed by atoms with Gasteiger partial charge in [-0.15, -0.1) is 0 Å². The van der Waals surface area contributed by atoms with E-state index in [9.17, 15) is 9.59 Å². The van der Waals surface area contributed by atoms with E-state index < -0.39 is 0 Å². The third-order valence-corrected chi connectivity index (χ3v) is 5.11. The van der Waals surface area contributed by atoms with Crippen LogP contribution in [0.3, 0.4) is 0 Å². The van der Waals surface area contributed by atoms with E-state index in [0.29, 0.717) is 13.2 Å². The summed E-state index contributed by atoms with van der Waals surface area (Å²) in [6, 6.07) is 0. The van der Waals surface area contributed by atoms with Crippen molar-refractivity contribution in [2.45, 2.75) is 143 Å². The maximum Gasteiger partial charge on any atom is 0.302 e. The van der Waals surface area contributed by atoms with Crippen molar-refractivity contribution in [2.75, 3.05) is 13.2 Å². The molecule has 4 heteroatoms. The average Bonchev–Trinajstić information content (AvgIpc) is 2.71. The van der Waals surface area contributed by atoms with Crippen LogP contribution in [-0.2, 0) is 19.1 Å². The number of rotatable bonds is 20. The molecule has 0 aliphatic carbocycles. The minimum Gasteiger partial charge on any atom is -0.466 e. The molecule has 0 saturated heterocycles. The monoisotopic (exact) mass is 428 g/mol. The standard InChI is InChI=1S/C15H30O2.C11H22O2/c1-3-4-5-6-7-8-9-10-11-12-13-14-17-15(2)16;1-3-4-5-6-7-8-9-10-13-11(2)12/h3-14H2,1-2H3;3-10H2,1-2H3. The second-order valence-corrected chi connectivity index (χ2v) is 8.34. The van der Waals surface area contributed by atoms with E-state index in [2.05, 4.69) is 13.8 Å². The summed E-state index contributed by atoms with van der Waals surface area (Å²) in [5.41, 5.74) is 0. The summed E-state index contributed by atoms with van der Waals surface area (Å²) in [6.45, 7) is 8.62. The van der Waals surface area contributed by atoms with Crippen molar-refractivity contribution in [1.82, 2.24) is 0 Å². The number of carbonyl (C=O) groups is 2. The molecule has 0 saturated carbocycles. The lowest BCUT2D eigenvalue weighted by molar-refractivity contribution is -0.142. The SMILES string of the molecule is CCCCCCCCCCCCCOC(C)=O.CCCCCCCCCOC(C)=O. The van der Waals surface area contributed by atoms with Gasteiger partial charge in [0.2, 0.25) is 0 Å². The van der Waals surface area contributed by atoms with Crippen molar-refractivity contribution in [2.24, 2.45) is 0 Å². The first-order valence-electron chi connectivity index (χ1n) is 12.8. The second-order valence-electron chi connectivity index (χ2n) is 8.34. The molecular formula is C26H52O4. The topological polar surface area (TPSA) is 52.6 Å². The van der Waals surface area contributed by atoms with Gasteiger partial charge in [0.05, 0.1) is 13.2 Å². The van der Waals surface area contributed by atoms with Crippen LogP contribution in [-0.4, -0.2) is 25.2 Å². The van der Waals surface area contributed by atoms with E-state index in [-0.39, 0.29) is 11.9 Å². The predicted octanol–water partition coefficient (Wildman–Crippen LogP) is 8.16. The van der Waals surface area contributed by atoms with E-state index in [1.165, 1.54) is 117 Å². The van der Waals surface area contributed by atoms with E-state index in [0.717, 1.165) is 12.8 Å². The van der Waals surface area contributed by atoms with Gasteiger partial charge in [0, 0.05) is 13.8 Å². The molecule has 0 aliphatic heterocycles. The van der Waals surface area contributed by atoms with Gasteiger partial charge in [-0.1, -0.05) is 117 Å². The number of esters is 2.